The van der Waals surface area contributed by atoms with E-state index >= 15 is 0 Å². The normalized spacial score (nSPS) is 14.9. The van der Waals surface area contributed by atoms with Gasteiger partial charge in [0.05, 0.1) is 18.3 Å². The molecule has 0 saturated carbocycles. The van der Waals surface area contributed by atoms with Gasteiger partial charge in [-0.15, -0.1) is 0 Å². The number of aliphatic hydroxyl groups is 1. The minimum absolute atomic E-state index is 0.202. The van der Waals surface area contributed by atoms with Crippen molar-refractivity contribution in [1.29, 1.82) is 0 Å². The van der Waals surface area contributed by atoms with Crippen LogP contribution in [-0.4, -0.2) is 54.7 Å². The number of hydrogen-bond acceptors (Lipinski definition) is 5. The van der Waals surface area contributed by atoms with Gasteiger partial charge < -0.3 is 15.3 Å². The molecule has 0 bridgehead atoms. The predicted molar refractivity (Wildman–Crippen MR) is 103 cm³/mol. The summed E-state index contributed by atoms with van der Waals surface area (Å²) in [5, 5.41) is 16.7. The Bertz CT molecular complexity index is 1100. The van der Waals surface area contributed by atoms with Crippen LogP contribution < -0.4 is 5.32 Å². The van der Waals surface area contributed by atoms with Crippen molar-refractivity contribution in [2.45, 2.75) is 32.2 Å². The molecule has 1 aliphatic heterocycles. The van der Waals surface area contributed by atoms with E-state index < -0.39 is 11.8 Å². The maximum Gasteiger partial charge on any atom is 0.261 e. The van der Waals surface area contributed by atoms with Crippen LogP contribution in [0.4, 0.5) is 10.1 Å². The van der Waals surface area contributed by atoms with Gasteiger partial charge in [0.2, 0.25) is 0 Å². The average Bonchev–Trinajstić information content (AvgIpc) is 3.22. The quantitative estimate of drug-likeness (QED) is 0.686. The molecular weight excluding hydrogens is 377 g/mol. The number of carbonyl (C=O) groups excluding carboxylic acids is 2. The zero-order chi connectivity index (χ0) is 20.8. The smallest absolute Gasteiger partial charge is 0.261 e. The monoisotopic (exact) mass is 397 g/mol. The van der Waals surface area contributed by atoms with Crippen molar-refractivity contribution < 1.29 is 19.1 Å². The van der Waals surface area contributed by atoms with Crippen molar-refractivity contribution in [2.24, 2.45) is 0 Å². The van der Waals surface area contributed by atoms with Crippen LogP contribution in [0.25, 0.3) is 5.65 Å². The van der Waals surface area contributed by atoms with Crippen LogP contribution in [0.1, 0.15) is 40.1 Å². The van der Waals surface area contributed by atoms with E-state index in [9.17, 15) is 19.1 Å². The van der Waals surface area contributed by atoms with Gasteiger partial charge in [0.15, 0.2) is 5.65 Å². The van der Waals surface area contributed by atoms with E-state index in [1.165, 1.54) is 29.5 Å². The number of amides is 2. The highest BCUT2D eigenvalue weighted by Crippen LogP contribution is 2.28. The summed E-state index contributed by atoms with van der Waals surface area (Å²) in [6.07, 6.45) is 3.15. The van der Waals surface area contributed by atoms with Crippen LogP contribution in [0.2, 0.25) is 0 Å². The number of anilines is 1. The second-order valence-electron chi connectivity index (χ2n) is 7.58. The zero-order valence-corrected chi connectivity index (χ0v) is 16.0. The molecule has 3 aromatic rings. The lowest BCUT2D eigenvalue weighted by molar-refractivity contribution is -0.0159. The summed E-state index contributed by atoms with van der Waals surface area (Å²) in [6.45, 7) is 2.75. The van der Waals surface area contributed by atoms with Crippen LogP contribution in [0.5, 0.6) is 0 Å². The molecule has 4 rings (SSSR count). The molecule has 1 unspecified atom stereocenters. The van der Waals surface area contributed by atoms with Gasteiger partial charge in [0.1, 0.15) is 11.7 Å². The first-order valence-corrected chi connectivity index (χ1v) is 9.12. The van der Waals surface area contributed by atoms with Crippen LogP contribution >= 0.6 is 0 Å². The van der Waals surface area contributed by atoms with Crippen LogP contribution in [-0.2, 0) is 6.54 Å². The summed E-state index contributed by atoms with van der Waals surface area (Å²) in [5.41, 5.74) is 0.897. The molecule has 9 heteroatoms. The highest BCUT2D eigenvalue weighted by molar-refractivity contribution is 6.08. The number of benzene rings is 1. The molecule has 0 spiro atoms. The molecule has 150 valence electrons. The average molecular weight is 397 g/mol. The SMILES string of the molecule is CC(C)(O)C(F)CN1Cc2cc(NC(=O)c3cnn4cccnc34)ccc2C1=O. The van der Waals surface area contributed by atoms with Crippen LogP contribution in [0, 0.1) is 0 Å². The fourth-order valence-corrected chi connectivity index (χ4v) is 3.21. The lowest BCUT2D eigenvalue weighted by atomic mass is 10.0. The van der Waals surface area contributed by atoms with E-state index in [4.69, 9.17) is 0 Å². The third-order valence-corrected chi connectivity index (χ3v) is 4.91. The minimum Gasteiger partial charge on any atom is -0.387 e. The largest absolute Gasteiger partial charge is 0.387 e. The van der Waals surface area contributed by atoms with Crippen molar-refractivity contribution in [3.8, 4) is 0 Å². The van der Waals surface area contributed by atoms with Gasteiger partial charge in [-0.25, -0.2) is 13.9 Å². The molecule has 2 amide bonds. The third kappa shape index (κ3) is 3.56. The van der Waals surface area contributed by atoms with Gasteiger partial charge in [-0.1, -0.05) is 0 Å². The maximum absolute atomic E-state index is 14.2. The van der Waals surface area contributed by atoms with Gasteiger partial charge in [-0.2, -0.15) is 5.10 Å². The molecule has 0 aliphatic carbocycles. The zero-order valence-electron chi connectivity index (χ0n) is 16.0. The number of alkyl halides is 1. The second-order valence-corrected chi connectivity index (χ2v) is 7.58. The molecule has 0 fully saturated rings. The highest BCUT2D eigenvalue weighted by atomic mass is 19.1. The summed E-state index contributed by atoms with van der Waals surface area (Å²) < 4.78 is 15.7. The first kappa shape index (κ1) is 19.0. The van der Waals surface area contributed by atoms with Crippen molar-refractivity contribution in [3.05, 3.63) is 59.5 Å². The number of aromatic nitrogens is 3. The van der Waals surface area contributed by atoms with Crippen LogP contribution in [0.3, 0.4) is 0 Å². The minimum atomic E-state index is -1.57. The standard InChI is InChI=1S/C20H20FN5O3/c1-20(2,29)16(21)11-25-10-12-8-13(4-5-14(12)19(25)28)24-18(27)15-9-23-26-7-3-6-22-17(15)26/h3-9,16,29H,10-11H2,1-2H3,(H,24,27). The van der Waals surface area contributed by atoms with Crippen molar-refractivity contribution in [1.82, 2.24) is 19.5 Å². The molecule has 1 aliphatic rings. The molecule has 1 aromatic carbocycles. The maximum atomic E-state index is 14.2. The summed E-state index contributed by atoms with van der Waals surface area (Å²) in [5.74, 6) is -0.665. The van der Waals surface area contributed by atoms with Crippen molar-refractivity contribution in [2.75, 3.05) is 11.9 Å². The van der Waals surface area contributed by atoms with E-state index in [0.29, 0.717) is 28.0 Å². The molecule has 2 N–H and O–H groups in total. The number of nitrogens with one attached hydrogen (secondary N) is 1. The van der Waals surface area contributed by atoms with Crippen LogP contribution in [0.15, 0.2) is 42.9 Å². The predicted octanol–water partition coefficient (Wildman–Crippen LogP) is 2.05. The Hall–Kier alpha value is -3.33. The van der Waals surface area contributed by atoms with E-state index in [0.717, 1.165) is 0 Å². The summed E-state index contributed by atoms with van der Waals surface area (Å²) in [6, 6.07) is 6.64. The Morgan fingerprint density at radius 1 is 1.41 bits per heavy atom. The number of halogens is 1. The summed E-state index contributed by atoms with van der Waals surface area (Å²) >= 11 is 0. The first-order chi connectivity index (χ1) is 13.7. The number of carbonyl (C=O) groups is 2. The van der Waals surface area contributed by atoms with Crippen molar-refractivity contribution >= 4 is 23.1 Å². The van der Waals surface area contributed by atoms with E-state index in [1.54, 1.807) is 36.7 Å². The lowest BCUT2D eigenvalue weighted by Gasteiger charge is -2.26. The summed E-state index contributed by atoms with van der Waals surface area (Å²) in [4.78, 5) is 30.6. The Kier molecular flexibility index (Phi) is 4.54. The molecule has 1 atom stereocenters. The summed E-state index contributed by atoms with van der Waals surface area (Å²) in [7, 11) is 0. The van der Waals surface area contributed by atoms with E-state index in [2.05, 4.69) is 15.4 Å². The highest BCUT2D eigenvalue weighted by Gasteiger charge is 2.34. The molecule has 2 aromatic heterocycles. The van der Waals surface area contributed by atoms with Gasteiger partial charge in [0.25, 0.3) is 11.8 Å². The first-order valence-electron chi connectivity index (χ1n) is 9.12. The Morgan fingerprint density at radius 2 is 2.21 bits per heavy atom. The number of rotatable bonds is 5. The molecule has 0 radical (unpaired) electrons. The fraction of sp³-hybridized carbons (Fsp3) is 0.300. The lowest BCUT2D eigenvalue weighted by Crippen LogP contribution is -2.42. The topological polar surface area (TPSA) is 99.8 Å². The number of hydrogen-bond donors (Lipinski definition) is 2. The molecule has 8 nitrogen and oxygen atoms in total. The molecule has 0 saturated heterocycles. The second kappa shape index (κ2) is 6.93. The third-order valence-electron chi connectivity index (χ3n) is 4.91. The molecular formula is C20H20FN5O3. The van der Waals surface area contributed by atoms with Gasteiger partial charge in [0, 0.05) is 30.2 Å². The number of nitrogens with zero attached hydrogens (tertiary/aromatic N) is 4. The van der Waals surface area contributed by atoms with Gasteiger partial charge in [-0.05, 0) is 43.7 Å². The van der Waals surface area contributed by atoms with E-state index in [1.807, 2.05) is 0 Å². The Morgan fingerprint density at radius 3 is 2.97 bits per heavy atom. The number of fused-ring (bicyclic) bond motifs is 2. The van der Waals surface area contributed by atoms with Gasteiger partial charge in [-0.3, -0.25) is 9.59 Å². The van der Waals surface area contributed by atoms with Gasteiger partial charge >= 0.3 is 0 Å². The molecule has 3 heterocycles. The Labute approximate surface area is 166 Å². The fourth-order valence-electron chi connectivity index (χ4n) is 3.21. The Balaban J connectivity index is 1.51. The molecule has 29 heavy (non-hydrogen) atoms. The van der Waals surface area contributed by atoms with E-state index in [-0.39, 0.29) is 24.9 Å². The van der Waals surface area contributed by atoms with Crippen molar-refractivity contribution in [3.63, 3.8) is 0 Å².